The number of aromatic hydroxyl groups is 1. The maximum Gasteiger partial charge on any atom is 0.335 e. The molecule has 1 heterocycles. The van der Waals surface area contributed by atoms with E-state index in [4.69, 9.17) is 5.26 Å². The molecule has 0 atom stereocenters. The highest BCUT2D eigenvalue weighted by atomic mass is 16.3. The van der Waals surface area contributed by atoms with Crippen LogP contribution in [-0.2, 0) is 6.42 Å². The molecule has 2 N–H and O–H groups in total. The topological polar surface area (TPSA) is 98.9 Å². The Morgan fingerprint density at radius 3 is 2.79 bits per heavy atom. The first-order chi connectivity index (χ1) is 9.08. The van der Waals surface area contributed by atoms with Gasteiger partial charge in [0.05, 0.1) is 22.9 Å². The van der Waals surface area contributed by atoms with Gasteiger partial charge in [0.25, 0.3) is 5.56 Å². The molecular formula is C13H11N3O3. The summed E-state index contributed by atoms with van der Waals surface area (Å²) in [4.78, 5) is 25.5. The molecular weight excluding hydrogens is 246 g/mol. The summed E-state index contributed by atoms with van der Waals surface area (Å²) in [6.07, 6.45) is 0.291. The SMILES string of the molecule is CCc1c(O)n(-c2cccc(C#N)c2)c(=O)[nH]c1=O. The van der Waals surface area contributed by atoms with Crippen LogP contribution in [-0.4, -0.2) is 14.7 Å². The lowest BCUT2D eigenvalue weighted by molar-refractivity contribution is 0.423. The van der Waals surface area contributed by atoms with Crippen LogP contribution in [0.4, 0.5) is 0 Å². The quantitative estimate of drug-likeness (QED) is 0.825. The van der Waals surface area contributed by atoms with Gasteiger partial charge in [-0.2, -0.15) is 5.26 Å². The lowest BCUT2D eigenvalue weighted by atomic mass is 10.2. The fourth-order valence-electron chi connectivity index (χ4n) is 1.83. The van der Waals surface area contributed by atoms with Crippen molar-refractivity contribution in [2.24, 2.45) is 0 Å². The highest BCUT2D eigenvalue weighted by Crippen LogP contribution is 2.17. The predicted octanol–water partition coefficient (Wildman–Crippen LogP) is 0.665. The van der Waals surface area contributed by atoms with Crippen LogP contribution in [0.2, 0.25) is 0 Å². The number of benzene rings is 1. The first-order valence-electron chi connectivity index (χ1n) is 5.66. The van der Waals surface area contributed by atoms with Crippen LogP contribution in [0, 0.1) is 11.3 Å². The molecule has 0 amide bonds. The molecule has 0 unspecified atom stereocenters. The second kappa shape index (κ2) is 4.82. The average molecular weight is 257 g/mol. The summed E-state index contributed by atoms with van der Waals surface area (Å²) in [5.41, 5.74) is -0.532. The molecule has 0 bridgehead atoms. The fourth-order valence-corrected chi connectivity index (χ4v) is 1.83. The first-order valence-corrected chi connectivity index (χ1v) is 5.66. The third-order valence-electron chi connectivity index (χ3n) is 2.77. The van der Waals surface area contributed by atoms with E-state index in [1.807, 2.05) is 6.07 Å². The minimum Gasteiger partial charge on any atom is -0.494 e. The van der Waals surface area contributed by atoms with Gasteiger partial charge in [-0.1, -0.05) is 13.0 Å². The van der Waals surface area contributed by atoms with Gasteiger partial charge in [-0.15, -0.1) is 0 Å². The second-order valence-corrected chi connectivity index (χ2v) is 3.91. The summed E-state index contributed by atoms with van der Waals surface area (Å²) in [6, 6.07) is 8.15. The van der Waals surface area contributed by atoms with Crippen molar-refractivity contribution in [2.45, 2.75) is 13.3 Å². The van der Waals surface area contributed by atoms with Crippen molar-refractivity contribution < 1.29 is 5.11 Å². The number of nitriles is 1. The molecule has 0 saturated carbocycles. The van der Waals surface area contributed by atoms with Gasteiger partial charge in [-0.3, -0.25) is 9.78 Å². The van der Waals surface area contributed by atoms with Gasteiger partial charge in [0.15, 0.2) is 0 Å². The number of aromatic nitrogens is 2. The van der Waals surface area contributed by atoms with E-state index in [1.54, 1.807) is 25.1 Å². The third kappa shape index (κ3) is 2.13. The largest absolute Gasteiger partial charge is 0.494 e. The summed E-state index contributed by atoms with van der Waals surface area (Å²) in [5, 5.41) is 18.9. The Labute approximate surface area is 108 Å². The van der Waals surface area contributed by atoms with Gasteiger partial charge >= 0.3 is 5.69 Å². The van der Waals surface area contributed by atoms with Crippen molar-refractivity contribution in [1.82, 2.24) is 9.55 Å². The number of nitrogens with one attached hydrogen (secondary N) is 1. The third-order valence-corrected chi connectivity index (χ3v) is 2.77. The Hall–Kier alpha value is -2.81. The Bertz CT molecular complexity index is 781. The van der Waals surface area contributed by atoms with Gasteiger partial charge in [-0.05, 0) is 24.6 Å². The maximum absolute atomic E-state index is 11.8. The zero-order valence-corrected chi connectivity index (χ0v) is 10.2. The Balaban J connectivity index is 2.79. The molecule has 0 spiro atoms. The molecule has 6 heteroatoms. The zero-order chi connectivity index (χ0) is 14.0. The van der Waals surface area contributed by atoms with E-state index in [9.17, 15) is 14.7 Å². The molecule has 2 rings (SSSR count). The summed E-state index contributed by atoms with van der Waals surface area (Å²) < 4.78 is 0.973. The summed E-state index contributed by atoms with van der Waals surface area (Å²) in [5.74, 6) is -0.397. The highest BCUT2D eigenvalue weighted by molar-refractivity contribution is 5.44. The standard InChI is InChI=1S/C13H11N3O3/c1-2-10-11(17)15-13(19)16(12(10)18)9-5-3-4-8(6-9)7-14/h3-6,18H,2H2,1H3,(H,15,17,19). The second-order valence-electron chi connectivity index (χ2n) is 3.91. The summed E-state index contributed by atoms with van der Waals surface area (Å²) in [7, 11) is 0. The number of H-pyrrole nitrogens is 1. The van der Waals surface area contributed by atoms with E-state index in [0.717, 1.165) is 4.57 Å². The van der Waals surface area contributed by atoms with Crippen molar-refractivity contribution in [3.05, 3.63) is 56.2 Å². The van der Waals surface area contributed by atoms with Crippen molar-refractivity contribution in [3.63, 3.8) is 0 Å². The molecule has 0 aliphatic carbocycles. The Morgan fingerprint density at radius 1 is 1.42 bits per heavy atom. The molecule has 6 nitrogen and oxygen atoms in total. The lowest BCUT2D eigenvalue weighted by Gasteiger charge is -2.10. The number of hydrogen-bond acceptors (Lipinski definition) is 4. The smallest absolute Gasteiger partial charge is 0.335 e. The first kappa shape index (κ1) is 12.6. The zero-order valence-electron chi connectivity index (χ0n) is 10.2. The van der Waals surface area contributed by atoms with E-state index >= 15 is 0 Å². The molecule has 1 aromatic heterocycles. The Morgan fingerprint density at radius 2 is 2.16 bits per heavy atom. The van der Waals surface area contributed by atoms with Gasteiger partial charge in [0, 0.05) is 0 Å². The van der Waals surface area contributed by atoms with Crippen LogP contribution >= 0.6 is 0 Å². The minimum atomic E-state index is -0.741. The Kier molecular flexibility index (Phi) is 3.21. The van der Waals surface area contributed by atoms with Crippen molar-refractivity contribution >= 4 is 0 Å². The highest BCUT2D eigenvalue weighted by Gasteiger charge is 2.14. The van der Waals surface area contributed by atoms with Crippen LogP contribution < -0.4 is 11.2 Å². The normalized spacial score (nSPS) is 10.1. The van der Waals surface area contributed by atoms with Crippen LogP contribution in [0.15, 0.2) is 33.9 Å². The fraction of sp³-hybridized carbons (Fsp3) is 0.154. The van der Waals surface area contributed by atoms with Crippen molar-refractivity contribution in [1.29, 1.82) is 5.26 Å². The van der Waals surface area contributed by atoms with E-state index in [0.29, 0.717) is 17.7 Å². The van der Waals surface area contributed by atoms with Gasteiger partial charge in [0.2, 0.25) is 5.88 Å². The molecule has 0 fully saturated rings. The van der Waals surface area contributed by atoms with E-state index in [2.05, 4.69) is 4.98 Å². The van der Waals surface area contributed by atoms with E-state index < -0.39 is 17.1 Å². The lowest BCUT2D eigenvalue weighted by Crippen LogP contribution is -2.31. The maximum atomic E-state index is 11.8. The van der Waals surface area contributed by atoms with Crippen molar-refractivity contribution in [2.75, 3.05) is 0 Å². The number of hydrogen-bond donors (Lipinski definition) is 2. The molecule has 2 aromatic rings. The number of aromatic amines is 1. The van der Waals surface area contributed by atoms with Gasteiger partial charge in [-0.25, -0.2) is 9.36 Å². The van der Waals surface area contributed by atoms with Crippen LogP contribution in [0.5, 0.6) is 5.88 Å². The summed E-state index contributed by atoms with van der Waals surface area (Å²) >= 11 is 0. The molecule has 96 valence electrons. The van der Waals surface area contributed by atoms with Crippen LogP contribution in [0.1, 0.15) is 18.1 Å². The van der Waals surface area contributed by atoms with Crippen LogP contribution in [0.3, 0.4) is 0 Å². The van der Waals surface area contributed by atoms with E-state index in [1.165, 1.54) is 6.07 Å². The monoisotopic (exact) mass is 257 g/mol. The van der Waals surface area contributed by atoms with Crippen molar-refractivity contribution in [3.8, 4) is 17.6 Å². The molecule has 1 aromatic carbocycles. The van der Waals surface area contributed by atoms with Gasteiger partial charge < -0.3 is 5.11 Å². The van der Waals surface area contributed by atoms with Crippen LogP contribution in [0.25, 0.3) is 5.69 Å². The molecule has 0 saturated heterocycles. The summed E-state index contributed by atoms with van der Waals surface area (Å²) in [6.45, 7) is 1.70. The molecule has 0 aliphatic rings. The van der Waals surface area contributed by atoms with Gasteiger partial charge in [0.1, 0.15) is 0 Å². The molecule has 0 radical (unpaired) electrons. The number of nitrogens with zero attached hydrogens (tertiary/aromatic N) is 2. The van der Waals surface area contributed by atoms with E-state index in [-0.39, 0.29) is 5.56 Å². The minimum absolute atomic E-state index is 0.127. The molecule has 0 aliphatic heterocycles. The average Bonchev–Trinajstić information content (AvgIpc) is 2.39. The number of rotatable bonds is 2. The predicted molar refractivity (Wildman–Crippen MR) is 68.4 cm³/mol. The molecule has 19 heavy (non-hydrogen) atoms.